The standard InChI is InChI=1S/C21H20F3NO2S/c1-21(13-3-4-13,17-6-5-14(22)9-19(17)24)18-10-25-20-12(11-28(2,26)27)7-15(23)8-16(18)20/h5-10,13,25H,3-4,11H2,1-2H3. The minimum atomic E-state index is -3.37. The van der Waals surface area contributed by atoms with E-state index in [1.54, 1.807) is 6.20 Å². The van der Waals surface area contributed by atoms with Gasteiger partial charge in [0, 0.05) is 29.3 Å². The maximum atomic E-state index is 14.7. The quantitative estimate of drug-likeness (QED) is 0.658. The van der Waals surface area contributed by atoms with E-state index in [0.29, 0.717) is 27.6 Å². The van der Waals surface area contributed by atoms with E-state index >= 15 is 0 Å². The van der Waals surface area contributed by atoms with Crippen molar-refractivity contribution in [2.75, 3.05) is 6.26 Å². The summed E-state index contributed by atoms with van der Waals surface area (Å²) in [5.74, 6) is -2.01. The Morgan fingerprint density at radius 2 is 1.79 bits per heavy atom. The molecule has 1 fully saturated rings. The molecule has 0 spiro atoms. The van der Waals surface area contributed by atoms with Crippen LogP contribution in [0.25, 0.3) is 10.9 Å². The van der Waals surface area contributed by atoms with Crippen LogP contribution in [0, 0.1) is 23.4 Å². The largest absolute Gasteiger partial charge is 0.361 e. The molecule has 0 bridgehead atoms. The maximum Gasteiger partial charge on any atom is 0.151 e. The van der Waals surface area contributed by atoms with Crippen molar-refractivity contribution < 1.29 is 21.6 Å². The van der Waals surface area contributed by atoms with E-state index in [1.807, 2.05) is 6.92 Å². The average molecular weight is 407 g/mol. The molecule has 1 heterocycles. The van der Waals surface area contributed by atoms with Gasteiger partial charge in [-0.25, -0.2) is 21.6 Å². The Labute approximate surface area is 161 Å². The highest BCUT2D eigenvalue weighted by Gasteiger charge is 2.46. The van der Waals surface area contributed by atoms with Crippen molar-refractivity contribution in [3.8, 4) is 0 Å². The van der Waals surface area contributed by atoms with Crippen molar-refractivity contribution in [2.45, 2.75) is 30.9 Å². The number of sulfone groups is 1. The number of H-pyrrole nitrogens is 1. The first-order chi connectivity index (χ1) is 13.1. The van der Waals surface area contributed by atoms with Crippen molar-refractivity contribution in [2.24, 2.45) is 5.92 Å². The Kier molecular flexibility index (Phi) is 4.34. The minimum Gasteiger partial charge on any atom is -0.361 e. The van der Waals surface area contributed by atoms with Crippen LogP contribution in [0.2, 0.25) is 0 Å². The molecule has 2 aromatic carbocycles. The first-order valence-corrected chi connectivity index (χ1v) is 11.1. The van der Waals surface area contributed by atoms with E-state index in [4.69, 9.17) is 0 Å². The Morgan fingerprint density at radius 1 is 1.07 bits per heavy atom. The Hall–Kier alpha value is -2.28. The molecular formula is C21H20F3NO2S. The fourth-order valence-electron chi connectivity index (χ4n) is 4.25. The van der Waals surface area contributed by atoms with Crippen LogP contribution in [0.1, 0.15) is 36.5 Å². The fraction of sp³-hybridized carbons (Fsp3) is 0.333. The van der Waals surface area contributed by atoms with E-state index in [1.165, 1.54) is 24.3 Å². The van der Waals surface area contributed by atoms with E-state index < -0.39 is 32.7 Å². The zero-order valence-electron chi connectivity index (χ0n) is 15.5. The van der Waals surface area contributed by atoms with Gasteiger partial charge in [0.05, 0.1) is 11.3 Å². The summed E-state index contributed by atoms with van der Waals surface area (Å²) in [4.78, 5) is 3.07. The van der Waals surface area contributed by atoms with Crippen LogP contribution in [0.5, 0.6) is 0 Å². The minimum absolute atomic E-state index is 0.132. The Balaban J connectivity index is 1.96. The van der Waals surface area contributed by atoms with Crippen LogP contribution < -0.4 is 0 Å². The van der Waals surface area contributed by atoms with Gasteiger partial charge in [0.15, 0.2) is 9.84 Å². The summed E-state index contributed by atoms with van der Waals surface area (Å²) in [5, 5.41) is 0.525. The third-order valence-electron chi connectivity index (χ3n) is 5.70. The molecule has 1 aliphatic rings. The molecule has 3 nitrogen and oxygen atoms in total. The molecule has 7 heteroatoms. The van der Waals surface area contributed by atoms with E-state index in [9.17, 15) is 21.6 Å². The number of benzene rings is 2. The van der Waals surface area contributed by atoms with Gasteiger partial charge in [-0.2, -0.15) is 0 Å². The van der Waals surface area contributed by atoms with Gasteiger partial charge < -0.3 is 4.98 Å². The van der Waals surface area contributed by atoms with Crippen LogP contribution in [0.4, 0.5) is 13.2 Å². The molecule has 4 rings (SSSR count). The van der Waals surface area contributed by atoms with Gasteiger partial charge in [-0.15, -0.1) is 0 Å². The monoisotopic (exact) mass is 407 g/mol. The van der Waals surface area contributed by atoms with Gasteiger partial charge in [-0.1, -0.05) is 13.0 Å². The highest BCUT2D eigenvalue weighted by Crippen LogP contribution is 2.53. The molecular weight excluding hydrogens is 387 g/mol. The lowest BCUT2D eigenvalue weighted by Crippen LogP contribution is -2.27. The number of hydrogen-bond donors (Lipinski definition) is 1. The summed E-state index contributed by atoms with van der Waals surface area (Å²) >= 11 is 0. The van der Waals surface area contributed by atoms with Gasteiger partial charge in [0.25, 0.3) is 0 Å². The number of halogens is 3. The number of aromatic amines is 1. The van der Waals surface area contributed by atoms with Crippen LogP contribution in [-0.2, 0) is 21.0 Å². The first kappa shape index (κ1) is 19.1. The molecule has 1 N–H and O–H groups in total. The molecule has 0 aliphatic heterocycles. The molecule has 3 aromatic rings. The highest BCUT2D eigenvalue weighted by atomic mass is 32.2. The predicted octanol–water partition coefficient (Wildman–Crippen LogP) is 4.85. The molecule has 0 saturated heterocycles. The van der Waals surface area contributed by atoms with Crippen molar-refractivity contribution in [1.82, 2.24) is 4.98 Å². The molecule has 1 unspecified atom stereocenters. The van der Waals surface area contributed by atoms with Crippen LogP contribution in [0.15, 0.2) is 36.5 Å². The zero-order chi connectivity index (χ0) is 20.3. The lowest BCUT2D eigenvalue weighted by molar-refractivity contribution is 0.460. The summed E-state index contributed by atoms with van der Waals surface area (Å²) in [6, 6.07) is 6.08. The third kappa shape index (κ3) is 3.21. The van der Waals surface area contributed by atoms with Gasteiger partial charge in [-0.05, 0) is 53.6 Å². The van der Waals surface area contributed by atoms with E-state index in [0.717, 1.165) is 25.2 Å². The number of fused-ring (bicyclic) bond motifs is 1. The average Bonchev–Trinajstić information content (AvgIpc) is 3.33. The normalized spacial score (nSPS) is 17.0. The summed E-state index contributed by atoms with van der Waals surface area (Å²) in [7, 11) is -3.37. The van der Waals surface area contributed by atoms with Crippen LogP contribution in [0.3, 0.4) is 0 Å². The second-order valence-corrected chi connectivity index (χ2v) is 10.0. The molecule has 1 saturated carbocycles. The van der Waals surface area contributed by atoms with Crippen LogP contribution in [-0.4, -0.2) is 19.7 Å². The van der Waals surface area contributed by atoms with Gasteiger partial charge in [0.2, 0.25) is 0 Å². The number of rotatable bonds is 5. The van der Waals surface area contributed by atoms with Gasteiger partial charge >= 0.3 is 0 Å². The molecule has 1 aromatic heterocycles. The van der Waals surface area contributed by atoms with E-state index in [-0.39, 0.29) is 11.7 Å². The fourth-order valence-corrected chi connectivity index (χ4v) is 5.04. The molecule has 1 aliphatic carbocycles. The number of nitrogens with one attached hydrogen (secondary N) is 1. The van der Waals surface area contributed by atoms with Crippen LogP contribution >= 0.6 is 0 Å². The Bertz CT molecular complexity index is 1180. The first-order valence-electron chi connectivity index (χ1n) is 9.03. The second-order valence-electron chi connectivity index (χ2n) is 7.86. The number of aromatic nitrogens is 1. The maximum absolute atomic E-state index is 14.7. The van der Waals surface area contributed by atoms with Gasteiger partial charge in [-0.3, -0.25) is 0 Å². The molecule has 0 amide bonds. The zero-order valence-corrected chi connectivity index (χ0v) is 16.3. The topological polar surface area (TPSA) is 49.9 Å². The summed E-state index contributed by atoms with van der Waals surface area (Å²) < 4.78 is 66.0. The van der Waals surface area contributed by atoms with Gasteiger partial charge in [0.1, 0.15) is 17.5 Å². The van der Waals surface area contributed by atoms with Crippen molar-refractivity contribution in [3.05, 3.63) is 70.7 Å². The highest BCUT2D eigenvalue weighted by molar-refractivity contribution is 7.89. The lowest BCUT2D eigenvalue weighted by atomic mass is 9.72. The van der Waals surface area contributed by atoms with Crippen molar-refractivity contribution >= 4 is 20.7 Å². The summed E-state index contributed by atoms with van der Waals surface area (Å²) in [6.07, 6.45) is 4.55. The summed E-state index contributed by atoms with van der Waals surface area (Å²) in [6.45, 7) is 1.88. The smallest absolute Gasteiger partial charge is 0.151 e. The Morgan fingerprint density at radius 3 is 2.39 bits per heavy atom. The van der Waals surface area contributed by atoms with E-state index in [2.05, 4.69) is 4.98 Å². The SMILES string of the molecule is CC(c1ccc(F)cc1F)(c1c[nH]c2c(CS(C)(=O)=O)cc(F)cc12)C1CC1. The lowest BCUT2D eigenvalue weighted by Gasteiger charge is -2.31. The predicted molar refractivity (Wildman–Crippen MR) is 102 cm³/mol. The number of hydrogen-bond acceptors (Lipinski definition) is 2. The third-order valence-corrected chi connectivity index (χ3v) is 6.53. The van der Waals surface area contributed by atoms with Crippen molar-refractivity contribution in [3.63, 3.8) is 0 Å². The second kappa shape index (κ2) is 6.37. The molecule has 148 valence electrons. The van der Waals surface area contributed by atoms with Crippen molar-refractivity contribution in [1.29, 1.82) is 0 Å². The summed E-state index contributed by atoms with van der Waals surface area (Å²) in [5.41, 5.74) is 1.11. The molecule has 28 heavy (non-hydrogen) atoms. The molecule has 1 atom stereocenters. The molecule has 0 radical (unpaired) electrons.